The van der Waals surface area contributed by atoms with Crippen molar-refractivity contribution in [1.82, 2.24) is 10.2 Å². The van der Waals surface area contributed by atoms with E-state index in [1.54, 1.807) is 11.1 Å². The summed E-state index contributed by atoms with van der Waals surface area (Å²) in [5, 5.41) is 4.04. The first kappa shape index (κ1) is 16.7. The summed E-state index contributed by atoms with van der Waals surface area (Å²) < 4.78 is 5.73. The molecule has 4 bridgehead atoms. The summed E-state index contributed by atoms with van der Waals surface area (Å²) in [5.74, 6) is 3.78. The van der Waals surface area contributed by atoms with Crippen molar-refractivity contribution in [2.45, 2.75) is 75.4 Å². The number of nitrogens with one attached hydrogen (secondary N) is 1. The molecule has 0 radical (unpaired) electrons. The van der Waals surface area contributed by atoms with Gasteiger partial charge < -0.3 is 10.1 Å². The number of hydrogen-bond donors (Lipinski definition) is 1. The van der Waals surface area contributed by atoms with Crippen LogP contribution < -0.4 is 10.1 Å². The zero-order valence-electron chi connectivity index (χ0n) is 17.4. The van der Waals surface area contributed by atoms with Gasteiger partial charge in [-0.1, -0.05) is 6.07 Å². The Kier molecular flexibility index (Phi) is 3.19. The lowest BCUT2D eigenvalue weighted by Gasteiger charge is -2.66. The Balaban J connectivity index is 1.44. The number of piperidine rings is 1. The molecule has 1 aromatic carbocycles. The molecule has 150 valence electrons. The Morgan fingerprint density at radius 1 is 1.21 bits per heavy atom. The molecule has 1 aromatic rings. The number of fused-ring (bicyclic) bond motifs is 1. The average Bonchev–Trinajstić information content (AvgIpc) is 3.41. The van der Waals surface area contributed by atoms with Gasteiger partial charge in [-0.3, -0.25) is 4.90 Å². The van der Waals surface area contributed by atoms with Crippen LogP contribution in [0, 0.1) is 23.2 Å². The third-order valence-corrected chi connectivity index (χ3v) is 10.2. The van der Waals surface area contributed by atoms with Crippen LogP contribution in [-0.4, -0.2) is 43.2 Å². The van der Waals surface area contributed by atoms with Crippen molar-refractivity contribution < 1.29 is 4.74 Å². The highest BCUT2D eigenvalue weighted by atomic mass is 16.5. The Bertz CT molecular complexity index is 834. The monoisotopic (exact) mass is 378 g/mol. The van der Waals surface area contributed by atoms with Gasteiger partial charge in [0.2, 0.25) is 0 Å². The van der Waals surface area contributed by atoms with E-state index in [0.717, 1.165) is 35.6 Å². The third kappa shape index (κ3) is 1.81. The number of rotatable bonds is 3. The molecule has 2 aliphatic heterocycles. The van der Waals surface area contributed by atoms with Gasteiger partial charge in [0.15, 0.2) is 0 Å². The van der Waals surface area contributed by atoms with Crippen LogP contribution in [-0.2, 0) is 11.8 Å². The molecule has 2 saturated heterocycles. The lowest BCUT2D eigenvalue weighted by molar-refractivity contribution is -0.0944. The number of benzene rings is 1. The van der Waals surface area contributed by atoms with Crippen LogP contribution >= 0.6 is 0 Å². The molecular weight excluding hydrogens is 344 g/mol. The number of hydrogen-bond acceptors (Lipinski definition) is 3. The Morgan fingerprint density at radius 2 is 2.11 bits per heavy atom. The van der Waals surface area contributed by atoms with Crippen molar-refractivity contribution in [2.75, 3.05) is 20.2 Å². The van der Waals surface area contributed by atoms with Gasteiger partial charge >= 0.3 is 0 Å². The molecule has 1 N–H and O–H groups in total. The summed E-state index contributed by atoms with van der Waals surface area (Å²) in [4.78, 5) is 2.97. The Morgan fingerprint density at radius 3 is 2.93 bits per heavy atom. The van der Waals surface area contributed by atoms with E-state index >= 15 is 0 Å². The van der Waals surface area contributed by atoms with Crippen LogP contribution in [0.4, 0.5) is 0 Å². The molecule has 3 nitrogen and oxygen atoms in total. The molecule has 0 unspecified atom stereocenters. The van der Waals surface area contributed by atoms with E-state index in [4.69, 9.17) is 4.74 Å². The summed E-state index contributed by atoms with van der Waals surface area (Å²) in [6.07, 6.45) is 9.91. The minimum absolute atomic E-state index is 0.394. The van der Waals surface area contributed by atoms with Crippen molar-refractivity contribution in [3.05, 3.63) is 29.3 Å². The van der Waals surface area contributed by atoms with E-state index in [1.807, 2.05) is 7.11 Å². The lowest BCUT2D eigenvalue weighted by atomic mass is 9.43. The van der Waals surface area contributed by atoms with Crippen molar-refractivity contribution in [3.8, 4) is 5.75 Å². The van der Waals surface area contributed by atoms with Crippen LogP contribution in [0.3, 0.4) is 0 Å². The number of nitrogens with zero attached hydrogens (tertiary/aromatic N) is 1. The molecule has 2 heterocycles. The second-order valence-corrected chi connectivity index (χ2v) is 11.1. The smallest absolute Gasteiger partial charge is 0.119 e. The zero-order chi connectivity index (χ0) is 18.7. The number of ether oxygens (including phenoxy) is 1. The highest BCUT2D eigenvalue weighted by Gasteiger charge is 2.75. The highest BCUT2D eigenvalue weighted by molar-refractivity contribution is 5.51. The van der Waals surface area contributed by atoms with Crippen molar-refractivity contribution >= 4 is 0 Å². The molecule has 4 aliphatic carbocycles. The standard InChI is InChI=1S/C25H34N2O/c1-15-19-13-24-8-7-21(26-15)23(19)25(24)9-10-27(14-16-3-4-16)22(24)11-17-5-6-18(28-2)12-20(17)25/h5-6,12,15-16,19,21-23,26H,3-4,7-11,13-14H2,1-2H3/t15-,19+,21+,22+,23+,24+,25+/m0/s1. The topological polar surface area (TPSA) is 24.5 Å². The van der Waals surface area contributed by atoms with E-state index in [9.17, 15) is 0 Å². The van der Waals surface area contributed by atoms with E-state index in [-0.39, 0.29) is 0 Å². The summed E-state index contributed by atoms with van der Waals surface area (Å²) in [7, 11) is 1.84. The normalized spacial score (nSPS) is 48.3. The SMILES string of the molecule is COc1ccc2c(c1)[C@@]13CCN(CC4CC4)[C@H](C2)[C@]12CC[C@H]1N[C@@H](C)[C@@H](C2)[C@H]13. The summed E-state index contributed by atoms with van der Waals surface area (Å²) in [5.41, 5.74) is 4.25. The molecule has 3 heteroatoms. The fourth-order valence-electron chi connectivity index (χ4n) is 9.21. The van der Waals surface area contributed by atoms with Gasteiger partial charge in [0.1, 0.15) is 5.75 Å². The summed E-state index contributed by atoms with van der Waals surface area (Å²) in [6, 6.07) is 9.31. The third-order valence-electron chi connectivity index (χ3n) is 10.2. The van der Waals surface area contributed by atoms with Gasteiger partial charge in [0, 0.05) is 30.1 Å². The lowest BCUT2D eigenvalue weighted by Crippen LogP contribution is -2.69. The van der Waals surface area contributed by atoms with Gasteiger partial charge in [-0.15, -0.1) is 0 Å². The van der Waals surface area contributed by atoms with Crippen LogP contribution in [0.2, 0.25) is 0 Å². The van der Waals surface area contributed by atoms with Crippen molar-refractivity contribution in [3.63, 3.8) is 0 Å². The molecule has 0 spiro atoms. The fourth-order valence-corrected chi connectivity index (χ4v) is 9.21. The Hall–Kier alpha value is -1.06. The number of likely N-dealkylation sites (tertiary alicyclic amines) is 1. The molecular formula is C25H34N2O. The predicted molar refractivity (Wildman–Crippen MR) is 111 cm³/mol. The van der Waals surface area contributed by atoms with E-state index in [2.05, 4.69) is 35.3 Å². The second kappa shape index (κ2) is 5.35. The largest absolute Gasteiger partial charge is 0.497 e. The molecule has 7 rings (SSSR count). The minimum Gasteiger partial charge on any atom is -0.497 e. The van der Waals surface area contributed by atoms with Gasteiger partial charge in [-0.05, 0) is 105 Å². The molecule has 0 amide bonds. The molecule has 0 aromatic heterocycles. The van der Waals surface area contributed by atoms with E-state index < -0.39 is 0 Å². The molecule has 5 fully saturated rings. The molecule has 7 atom stereocenters. The van der Waals surface area contributed by atoms with Crippen molar-refractivity contribution in [1.29, 1.82) is 0 Å². The first-order chi connectivity index (χ1) is 13.7. The van der Waals surface area contributed by atoms with E-state index in [0.29, 0.717) is 16.9 Å². The van der Waals surface area contributed by atoms with Gasteiger partial charge in [0.05, 0.1) is 7.11 Å². The first-order valence-electron chi connectivity index (χ1n) is 11.8. The predicted octanol–water partition coefficient (Wildman–Crippen LogP) is 3.75. The first-order valence-corrected chi connectivity index (χ1v) is 11.8. The number of methoxy groups -OCH3 is 1. The molecule has 6 aliphatic rings. The van der Waals surface area contributed by atoms with Crippen LogP contribution in [0.25, 0.3) is 0 Å². The zero-order valence-corrected chi connectivity index (χ0v) is 17.4. The maximum Gasteiger partial charge on any atom is 0.119 e. The fraction of sp³-hybridized carbons (Fsp3) is 0.760. The Labute approximate surface area is 169 Å². The average molecular weight is 379 g/mol. The summed E-state index contributed by atoms with van der Waals surface area (Å²) >= 11 is 0. The summed E-state index contributed by atoms with van der Waals surface area (Å²) in [6.45, 7) is 5.17. The van der Waals surface area contributed by atoms with Gasteiger partial charge in [-0.2, -0.15) is 0 Å². The second-order valence-electron chi connectivity index (χ2n) is 11.1. The molecule has 28 heavy (non-hydrogen) atoms. The van der Waals surface area contributed by atoms with Crippen LogP contribution in [0.5, 0.6) is 5.75 Å². The van der Waals surface area contributed by atoms with Gasteiger partial charge in [0.25, 0.3) is 0 Å². The van der Waals surface area contributed by atoms with Crippen LogP contribution in [0.15, 0.2) is 18.2 Å². The van der Waals surface area contributed by atoms with E-state index in [1.165, 1.54) is 58.0 Å². The minimum atomic E-state index is 0.394. The van der Waals surface area contributed by atoms with Crippen LogP contribution in [0.1, 0.15) is 56.6 Å². The van der Waals surface area contributed by atoms with Crippen molar-refractivity contribution in [2.24, 2.45) is 23.2 Å². The highest BCUT2D eigenvalue weighted by Crippen LogP contribution is 2.75. The quantitative estimate of drug-likeness (QED) is 0.867. The maximum absolute atomic E-state index is 5.73. The van der Waals surface area contributed by atoms with Gasteiger partial charge in [-0.25, -0.2) is 0 Å². The molecule has 3 saturated carbocycles. The maximum atomic E-state index is 5.73.